The zero-order valence-corrected chi connectivity index (χ0v) is 13.2. The average Bonchev–Trinajstić information content (AvgIpc) is 2.98. The smallest absolute Gasteiger partial charge is 0.257 e. The quantitative estimate of drug-likeness (QED) is 0.596. The summed E-state index contributed by atoms with van der Waals surface area (Å²) < 4.78 is 5.17. The Balaban J connectivity index is 2.25. The Morgan fingerprint density at radius 3 is 3.05 bits per heavy atom. The van der Waals surface area contributed by atoms with Gasteiger partial charge < -0.3 is 14.7 Å². The molecule has 122 valence electrons. The molecular formula is C17H25NO4. The van der Waals surface area contributed by atoms with Gasteiger partial charge in [-0.1, -0.05) is 12.2 Å². The molecule has 1 aliphatic heterocycles. The molecule has 0 saturated carbocycles. The molecule has 1 aliphatic carbocycles. The van der Waals surface area contributed by atoms with Gasteiger partial charge in [0.15, 0.2) is 5.78 Å². The highest BCUT2D eigenvalue weighted by Crippen LogP contribution is 2.37. The normalized spacial score (nSPS) is 28.6. The Labute approximate surface area is 131 Å². The average molecular weight is 307 g/mol. The number of Topliss-reactive ketones (excluding diaryl/α,β-unsaturated/α-hetero) is 1. The minimum Gasteiger partial charge on any atom is -0.395 e. The zero-order valence-electron chi connectivity index (χ0n) is 13.2. The third-order valence-corrected chi connectivity index (χ3v) is 4.69. The fourth-order valence-corrected chi connectivity index (χ4v) is 3.40. The first kappa shape index (κ1) is 16.9. The summed E-state index contributed by atoms with van der Waals surface area (Å²) in [5, 5.41) is 9.71. The summed E-state index contributed by atoms with van der Waals surface area (Å²) in [5.41, 5.74) is -0.304. The highest BCUT2D eigenvalue weighted by atomic mass is 16.5. The van der Waals surface area contributed by atoms with Crippen molar-refractivity contribution >= 4 is 11.7 Å². The first-order valence-electron chi connectivity index (χ1n) is 7.84. The second-order valence-electron chi connectivity index (χ2n) is 6.24. The fourth-order valence-electron chi connectivity index (χ4n) is 3.40. The van der Waals surface area contributed by atoms with Crippen LogP contribution in [-0.4, -0.2) is 54.6 Å². The van der Waals surface area contributed by atoms with Gasteiger partial charge in [0.25, 0.3) is 5.91 Å². The Morgan fingerprint density at radius 1 is 1.64 bits per heavy atom. The molecule has 5 nitrogen and oxygen atoms in total. The maximum absolute atomic E-state index is 12.8. The first-order valence-corrected chi connectivity index (χ1v) is 7.84. The number of carbonyl (C=O) groups is 2. The minimum absolute atomic E-state index is 0.0380. The molecule has 2 atom stereocenters. The van der Waals surface area contributed by atoms with Crippen molar-refractivity contribution in [1.29, 1.82) is 0 Å². The highest BCUT2D eigenvalue weighted by molar-refractivity contribution is 6.19. The monoisotopic (exact) mass is 307 g/mol. The van der Waals surface area contributed by atoms with Gasteiger partial charge in [-0.25, -0.2) is 0 Å². The first-order chi connectivity index (χ1) is 10.6. The van der Waals surface area contributed by atoms with Crippen LogP contribution in [0.2, 0.25) is 0 Å². The molecular weight excluding hydrogens is 282 g/mol. The predicted octanol–water partition coefficient (Wildman–Crippen LogP) is 1.47. The second kappa shape index (κ2) is 7.20. The van der Waals surface area contributed by atoms with Gasteiger partial charge in [-0.2, -0.15) is 0 Å². The zero-order chi connectivity index (χ0) is 16.2. The van der Waals surface area contributed by atoms with Crippen molar-refractivity contribution in [2.24, 2.45) is 5.41 Å². The summed E-state index contributed by atoms with van der Waals surface area (Å²) in [6.07, 6.45) is 6.67. The van der Waals surface area contributed by atoms with Crippen LogP contribution in [0.3, 0.4) is 0 Å². The van der Waals surface area contributed by atoms with Crippen molar-refractivity contribution < 1.29 is 19.4 Å². The maximum Gasteiger partial charge on any atom is 0.257 e. The van der Waals surface area contributed by atoms with Gasteiger partial charge in [-0.05, 0) is 25.7 Å². The number of ketones is 1. The summed E-state index contributed by atoms with van der Waals surface area (Å²) in [7, 11) is 1.62. The Kier molecular flexibility index (Phi) is 5.53. The van der Waals surface area contributed by atoms with Crippen molar-refractivity contribution in [1.82, 2.24) is 4.90 Å². The van der Waals surface area contributed by atoms with E-state index in [9.17, 15) is 14.7 Å². The molecule has 0 spiro atoms. The standard InChI is InChI=1S/C17H25NO4/c1-3-7-17(12-19)8-6-15(20)14(10-17)16(21)18-9-4-5-13(18)11-22-2/h3,10,13,19H,1,4-9,11-12H2,2H3/t13-,17+/m0/s1. The Morgan fingerprint density at radius 2 is 2.41 bits per heavy atom. The lowest BCUT2D eigenvalue weighted by molar-refractivity contribution is -0.131. The Bertz CT molecular complexity index is 485. The molecule has 0 bridgehead atoms. The van der Waals surface area contributed by atoms with Gasteiger partial charge in [-0.15, -0.1) is 6.58 Å². The van der Waals surface area contributed by atoms with E-state index in [-0.39, 0.29) is 29.9 Å². The molecule has 0 unspecified atom stereocenters. The number of nitrogens with zero attached hydrogens (tertiary/aromatic N) is 1. The molecule has 0 radical (unpaired) electrons. The number of allylic oxidation sites excluding steroid dienone is 1. The van der Waals surface area contributed by atoms with Gasteiger partial charge >= 0.3 is 0 Å². The van der Waals surface area contributed by atoms with Crippen LogP contribution in [0.25, 0.3) is 0 Å². The molecule has 22 heavy (non-hydrogen) atoms. The van der Waals surface area contributed by atoms with Crippen LogP contribution in [-0.2, 0) is 14.3 Å². The van der Waals surface area contributed by atoms with Crippen LogP contribution in [0.15, 0.2) is 24.3 Å². The van der Waals surface area contributed by atoms with Gasteiger partial charge in [0.2, 0.25) is 0 Å². The topological polar surface area (TPSA) is 66.8 Å². The van der Waals surface area contributed by atoms with Gasteiger partial charge in [-0.3, -0.25) is 9.59 Å². The SMILES string of the molecule is C=CC[C@]1(CO)C=C(C(=O)N2CCC[C@H]2COC)C(=O)CC1. The van der Waals surface area contributed by atoms with E-state index < -0.39 is 5.41 Å². The molecule has 0 aromatic heterocycles. The molecule has 1 heterocycles. The van der Waals surface area contributed by atoms with E-state index in [1.165, 1.54) is 0 Å². The van der Waals surface area contributed by atoms with Crippen LogP contribution < -0.4 is 0 Å². The number of carbonyl (C=O) groups excluding carboxylic acids is 2. The summed E-state index contributed by atoms with van der Waals surface area (Å²) in [6, 6.07) is 0.0380. The van der Waals surface area contributed by atoms with Crippen molar-refractivity contribution in [3.05, 3.63) is 24.3 Å². The van der Waals surface area contributed by atoms with Crippen LogP contribution in [0.5, 0.6) is 0 Å². The van der Waals surface area contributed by atoms with E-state index in [0.717, 1.165) is 12.8 Å². The molecule has 1 saturated heterocycles. The minimum atomic E-state index is -0.531. The molecule has 2 aliphatic rings. The number of hydrogen-bond acceptors (Lipinski definition) is 4. The third kappa shape index (κ3) is 3.31. The Hall–Kier alpha value is -1.46. The number of aliphatic hydroxyl groups is 1. The van der Waals surface area contributed by atoms with Crippen LogP contribution in [0.1, 0.15) is 32.1 Å². The lowest BCUT2D eigenvalue weighted by Crippen LogP contribution is -2.42. The number of rotatable bonds is 6. The summed E-state index contributed by atoms with van der Waals surface area (Å²) in [6.45, 7) is 4.78. The molecule has 0 aromatic rings. The van der Waals surface area contributed by atoms with E-state index in [1.807, 2.05) is 0 Å². The highest BCUT2D eigenvalue weighted by Gasteiger charge is 2.38. The van der Waals surface area contributed by atoms with Gasteiger partial charge in [0.05, 0.1) is 24.8 Å². The molecule has 1 fully saturated rings. The van der Waals surface area contributed by atoms with Crippen LogP contribution in [0, 0.1) is 5.41 Å². The molecule has 2 rings (SSSR count). The van der Waals surface area contributed by atoms with Crippen molar-refractivity contribution in [3.63, 3.8) is 0 Å². The number of methoxy groups -OCH3 is 1. The van der Waals surface area contributed by atoms with Crippen molar-refractivity contribution in [3.8, 4) is 0 Å². The maximum atomic E-state index is 12.8. The lowest BCUT2D eigenvalue weighted by Gasteiger charge is -2.33. The lowest BCUT2D eigenvalue weighted by atomic mass is 9.74. The number of amides is 1. The number of hydrogen-bond donors (Lipinski definition) is 1. The second-order valence-corrected chi connectivity index (χ2v) is 6.24. The number of ether oxygens (including phenoxy) is 1. The summed E-state index contributed by atoms with van der Waals surface area (Å²) >= 11 is 0. The molecule has 1 amide bonds. The fraction of sp³-hybridized carbons (Fsp3) is 0.647. The van der Waals surface area contributed by atoms with E-state index >= 15 is 0 Å². The van der Waals surface area contributed by atoms with Gasteiger partial charge in [0.1, 0.15) is 0 Å². The van der Waals surface area contributed by atoms with E-state index in [0.29, 0.717) is 32.4 Å². The largest absolute Gasteiger partial charge is 0.395 e. The summed E-state index contributed by atoms with van der Waals surface area (Å²) in [4.78, 5) is 26.7. The molecule has 1 N–H and O–H groups in total. The van der Waals surface area contributed by atoms with Crippen molar-refractivity contribution in [2.75, 3.05) is 26.9 Å². The van der Waals surface area contributed by atoms with E-state index in [2.05, 4.69) is 6.58 Å². The van der Waals surface area contributed by atoms with E-state index in [1.54, 1.807) is 24.2 Å². The summed E-state index contributed by atoms with van der Waals surface area (Å²) in [5.74, 6) is -0.340. The van der Waals surface area contributed by atoms with Gasteiger partial charge in [0, 0.05) is 25.5 Å². The van der Waals surface area contributed by atoms with E-state index in [4.69, 9.17) is 4.74 Å². The van der Waals surface area contributed by atoms with Crippen molar-refractivity contribution in [2.45, 2.75) is 38.1 Å². The third-order valence-electron chi connectivity index (χ3n) is 4.69. The van der Waals surface area contributed by atoms with Crippen LogP contribution >= 0.6 is 0 Å². The number of likely N-dealkylation sites (tertiary alicyclic amines) is 1. The predicted molar refractivity (Wildman–Crippen MR) is 83.3 cm³/mol. The van der Waals surface area contributed by atoms with Crippen LogP contribution in [0.4, 0.5) is 0 Å². The molecule has 5 heteroatoms. The number of aliphatic hydroxyl groups excluding tert-OH is 1. The molecule has 0 aromatic carbocycles.